The Hall–Kier alpha value is -1.95. The van der Waals surface area contributed by atoms with Crippen LogP contribution in [0.15, 0.2) is 18.2 Å². The van der Waals surface area contributed by atoms with E-state index in [0.29, 0.717) is 12.1 Å². The third-order valence-corrected chi connectivity index (χ3v) is 4.13. The zero-order valence-electron chi connectivity index (χ0n) is 12.7. The highest BCUT2D eigenvalue weighted by Gasteiger charge is 2.28. The number of nitro benzene ring substituents is 1. The molecular formula is C15H22N2O4. The summed E-state index contributed by atoms with van der Waals surface area (Å²) in [7, 11) is 0. The van der Waals surface area contributed by atoms with Gasteiger partial charge in [0.1, 0.15) is 5.56 Å². The summed E-state index contributed by atoms with van der Waals surface area (Å²) in [5.74, 6) is -0.473. The van der Waals surface area contributed by atoms with Crippen molar-refractivity contribution in [3.05, 3.63) is 39.4 Å². The summed E-state index contributed by atoms with van der Waals surface area (Å²) >= 11 is 0. The molecule has 116 valence electrons. The van der Waals surface area contributed by atoms with Crippen molar-refractivity contribution in [2.24, 2.45) is 5.41 Å². The van der Waals surface area contributed by atoms with Gasteiger partial charge in [-0.3, -0.25) is 14.9 Å². The fraction of sp³-hybridized carbons (Fsp3) is 0.533. The Morgan fingerprint density at radius 3 is 2.48 bits per heavy atom. The Labute approximate surface area is 124 Å². The summed E-state index contributed by atoms with van der Waals surface area (Å²) in [5, 5.41) is 23.3. The highest BCUT2D eigenvalue weighted by atomic mass is 16.6. The second-order valence-corrected chi connectivity index (χ2v) is 5.27. The first-order valence-electron chi connectivity index (χ1n) is 7.04. The molecule has 0 saturated heterocycles. The molecule has 0 radical (unpaired) electrons. The van der Waals surface area contributed by atoms with E-state index in [2.05, 4.69) is 5.32 Å². The number of aliphatic hydroxyl groups is 1. The Kier molecular flexibility index (Phi) is 5.84. The minimum absolute atomic E-state index is 0.0316. The van der Waals surface area contributed by atoms with E-state index >= 15 is 0 Å². The largest absolute Gasteiger partial charge is 0.396 e. The van der Waals surface area contributed by atoms with Gasteiger partial charge in [0.25, 0.3) is 11.6 Å². The molecule has 0 aliphatic carbocycles. The molecule has 0 spiro atoms. The molecule has 0 fully saturated rings. The fourth-order valence-electron chi connectivity index (χ4n) is 2.24. The molecule has 0 bridgehead atoms. The Bertz CT molecular complexity index is 516. The van der Waals surface area contributed by atoms with Crippen molar-refractivity contribution in [2.45, 2.75) is 33.6 Å². The van der Waals surface area contributed by atoms with Crippen molar-refractivity contribution in [1.82, 2.24) is 5.32 Å². The number of carbonyl (C=O) groups excluding carboxylic acids is 1. The number of aliphatic hydroxyl groups excluding tert-OH is 1. The van der Waals surface area contributed by atoms with Gasteiger partial charge in [-0.2, -0.15) is 0 Å². The van der Waals surface area contributed by atoms with Crippen molar-refractivity contribution in [1.29, 1.82) is 0 Å². The van der Waals surface area contributed by atoms with Gasteiger partial charge in [-0.1, -0.05) is 26.0 Å². The zero-order valence-corrected chi connectivity index (χ0v) is 12.7. The fourth-order valence-corrected chi connectivity index (χ4v) is 2.24. The van der Waals surface area contributed by atoms with Crippen LogP contribution in [0.4, 0.5) is 5.69 Å². The second-order valence-electron chi connectivity index (χ2n) is 5.27. The van der Waals surface area contributed by atoms with Crippen LogP contribution < -0.4 is 5.32 Å². The number of nitro groups is 1. The number of hydrogen-bond acceptors (Lipinski definition) is 4. The van der Waals surface area contributed by atoms with E-state index in [1.165, 1.54) is 6.07 Å². The maximum Gasteiger partial charge on any atom is 0.282 e. The van der Waals surface area contributed by atoms with Gasteiger partial charge in [-0.15, -0.1) is 0 Å². The van der Waals surface area contributed by atoms with Crippen LogP contribution in [0.2, 0.25) is 0 Å². The maximum absolute atomic E-state index is 12.3. The third kappa shape index (κ3) is 3.78. The van der Waals surface area contributed by atoms with E-state index < -0.39 is 10.8 Å². The van der Waals surface area contributed by atoms with Crippen molar-refractivity contribution in [3.8, 4) is 0 Å². The van der Waals surface area contributed by atoms with E-state index in [-0.39, 0.29) is 23.3 Å². The summed E-state index contributed by atoms with van der Waals surface area (Å²) in [6, 6.07) is 4.54. The number of carbonyl (C=O) groups is 1. The van der Waals surface area contributed by atoms with Crippen molar-refractivity contribution in [2.75, 3.05) is 13.2 Å². The molecule has 1 aromatic rings. The van der Waals surface area contributed by atoms with Crippen molar-refractivity contribution < 1.29 is 14.8 Å². The van der Waals surface area contributed by atoms with E-state index in [0.717, 1.165) is 12.8 Å². The molecule has 21 heavy (non-hydrogen) atoms. The first-order valence-corrected chi connectivity index (χ1v) is 7.04. The van der Waals surface area contributed by atoms with Crippen LogP contribution in [0.5, 0.6) is 0 Å². The Morgan fingerprint density at radius 1 is 1.38 bits per heavy atom. The molecular weight excluding hydrogens is 272 g/mol. The van der Waals surface area contributed by atoms with Crippen LogP contribution in [-0.2, 0) is 0 Å². The van der Waals surface area contributed by atoms with Crippen LogP contribution in [0.25, 0.3) is 0 Å². The lowest BCUT2D eigenvalue weighted by Gasteiger charge is -2.29. The lowest BCUT2D eigenvalue weighted by Crippen LogP contribution is -2.39. The average molecular weight is 294 g/mol. The van der Waals surface area contributed by atoms with Gasteiger partial charge in [-0.05, 0) is 25.3 Å². The van der Waals surface area contributed by atoms with Crippen LogP contribution in [-0.4, -0.2) is 29.1 Å². The normalized spacial score (nSPS) is 11.2. The van der Waals surface area contributed by atoms with Crippen LogP contribution >= 0.6 is 0 Å². The molecule has 1 rings (SSSR count). The predicted molar refractivity (Wildman–Crippen MR) is 80.3 cm³/mol. The predicted octanol–water partition coefficient (Wildman–Crippen LogP) is 2.43. The molecule has 0 aromatic heterocycles. The summed E-state index contributed by atoms with van der Waals surface area (Å²) in [6.45, 7) is 5.82. The van der Waals surface area contributed by atoms with Crippen LogP contribution in [0.1, 0.15) is 42.6 Å². The van der Waals surface area contributed by atoms with Crippen LogP contribution in [0, 0.1) is 22.5 Å². The number of nitrogens with one attached hydrogen (secondary N) is 1. The number of hydrogen-bond donors (Lipinski definition) is 2. The van der Waals surface area contributed by atoms with Gasteiger partial charge in [0.15, 0.2) is 0 Å². The van der Waals surface area contributed by atoms with Gasteiger partial charge in [0.2, 0.25) is 0 Å². The van der Waals surface area contributed by atoms with Gasteiger partial charge >= 0.3 is 0 Å². The minimum atomic E-state index is -0.555. The Morgan fingerprint density at radius 2 is 2.00 bits per heavy atom. The lowest BCUT2D eigenvalue weighted by molar-refractivity contribution is -0.385. The second kappa shape index (κ2) is 7.17. The number of benzene rings is 1. The first kappa shape index (κ1) is 17.1. The number of rotatable bonds is 7. The number of amides is 1. The molecule has 0 atom stereocenters. The first-order chi connectivity index (χ1) is 9.90. The highest BCUT2D eigenvalue weighted by Crippen LogP contribution is 2.26. The van der Waals surface area contributed by atoms with Gasteiger partial charge in [-0.25, -0.2) is 0 Å². The van der Waals surface area contributed by atoms with E-state index in [4.69, 9.17) is 0 Å². The van der Waals surface area contributed by atoms with Gasteiger partial charge in [0, 0.05) is 18.0 Å². The topological polar surface area (TPSA) is 92.5 Å². The molecule has 0 aliphatic heterocycles. The summed E-state index contributed by atoms with van der Waals surface area (Å²) < 4.78 is 0. The maximum atomic E-state index is 12.3. The number of aryl methyl sites for hydroxylation is 1. The minimum Gasteiger partial charge on any atom is -0.396 e. The van der Waals surface area contributed by atoms with Gasteiger partial charge in [0.05, 0.1) is 11.5 Å². The molecule has 6 nitrogen and oxygen atoms in total. The van der Waals surface area contributed by atoms with Gasteiger partial charge < -0.3 is 10.4 Å². The summed E-state index contributed by atoms with van der Waals surface area (Å²) in [4.78, 5) is 22.8. The average Bonchev–Trinajstić information content (AvgIpc) is 2.48. The van der Waals surface area contributed by atoms with E-state index in [1.54, 1.807) is 19.1 Å². The molecule has 6 heteroatoms. The van der Waals surface area contributed by atoms with Crippen LogP contribution in [0.3, 0.4) is 0 Å². The van der Waals surface area contributed by atoms with E-state index in [1.807, 2.05) is 13.8 Å². The molecule has 2 N–H and O–H groups in total. The SMILES string of the molecule is CCC(CC)(CO)CNC(=O)c1c(C)cccc1[N+](=O)[O-]. The van der Waals surface area contributed by atoms with Crippen molar-refractivity contribution in [3.63, 3.8) is 0 Å². The summed E-state index contributed by atoms with van der Waals surface area (Å²) in [6.07, 6.45) is 1.44. The monoisotopic (exact) mass is 294 g/mol. The molecule has 0 unspecified atom stereocenters. The number of nitrogens with zero attached hydrogens (tertiary/aromatic N) is 1. The molecule has 0 aliphatic rings. The lowest BCUT2D eigenvalue weighted by atomic mass is 9.83. The zero-order chi connectivity index (χ0) is 16.0. The molecule has 1 aromatic carbocycles. The van der Waals surface area contributed by atoms with E-state index in [9.17, 15) is 20.0 Å². The summed E-state index contributed by atoms with van der Waals surface area (Å²) in [5.41, 5.74) is 0.0635. The quantitative estimate of drug-likeness (QED) is 0.596. The molecule has 1 amide bonds. The standard InChI is InChI=1S/C15H22N2O4/c1-4-15(5-2,10-18)9-16-14(19)13-11(3)7-6-8-12(13)17(20)21/h6-8,18H,4-5,9-10H2,1-3H3,(H,16,19). The molecule has 0 heterocycles. The Balaban J connectivity index is 2.98. The molecule has 0 saturated carbocycles. The van der Waals surface area contributed by atoms with Crippen molar-refractivity contribution >= 4 is 11.6 Å². The highest BCUT2D eigenvalue weighted by molar-refractivity contribution is 5.99. The smallest absolute Gasteiger partial charge is 0.282 e. The third-order valence-electron chi connectivity index (χ3n) is 4.13.